The second kappa shape index (κ2) is 4.47. The number of likely N-dealkylation sites (N-methyl/N-ethyl adjacent to an activating group) is 1. The molecular weight excluding hydrogens is 392 g/mol. The smallest absolute Gasteiger partial charge is 0.271 e. The molecule has 0 unspecified atom stereocenters. The molecule has 3 N–H and O–H groups in total. The Labute approximate surface area is 171 Å². The third-order valence-electron chi connectivity index (χ3n) is 8.34. The number of carbonyl (C=O) groups excluding carboxylic acids is 3. The number of carbonyl (C=O) groups is 3. The molecule has 4 aliphatic heterocycles. The van der Waals surface area contributed by atoms with Crippen molar-refractivity contribution in [1.29, 1.82) is 0 Å². The number of rotatable bonds is 1. The highest BCUT2D eigenvalue weighted by atomic mass is 16.7. The van der Waals surface area contributed by atoms with E-state index < -0.39 is 57.7 Å². The van der Waals surface area contributed by atoms with Gasteiger partial charge in [-0.05, 0) is 44.7 Å². The second-order valence-corrected chi connectivity index (χ2v) is 9.73. The fraction of sp³-hybridized carbons (Fsp3) is 0.571. The van der Waals surface area contributed by atoms with E-state index in [2.05, 4.69) is 0 Å². The number of ketones is 1. The maximum Gasteiger partial charge on any atom is 0.271 e. The zero-order valence-corrected chi connectivity index (χ0v) is 17.0. The summed E-state index contributed by atoms with van der Waals surface area (Å²) in [5, 5.41) is 34.9. The van der Waals surface area contributed by atoms with Gasteiger partial charge in [-0.1, -0.05) is 12.1 Å². The van der Waals surface area contributed by atoms with Crippen molar-refractivity contribution in [3.05, 3.63) is 29.3 Å². The fourth-order valence-electron chi connectivity index (χ4n) is 7.10. The topological polar surface area (TPSA) is 128 Å². The average molecular weight is 414 g/mol. The standard InChI is InChI=1S/C21H22N2O7/c1-9(24)19(27)16(26)23-17(2,3)11-8-10-6-5-7-12-13(10)18(15(25)22(12)4)14(11)20(23,28)21(19,29)30-18/h5-7,11,14,27-29H,8H2,1-4H3/t11-,14-,18+,19-,20+,21-/m1/s1. The first kappa shape index (κ1) is 18.4. The van der Waals surface area contributed by atoms with E-state index in [0.29, 0.717) is 17.7 Å². The van der Waals surface area contributed by atoms with Crippen molar-refractivity contribution in [2.45, 2.75) is 55.4 Å². The van der Waals surface area contributed by atoms with Gasteiger partial charge >= 0.3 is 0 Å². The largest absolute Gasteiger partial charge is 0.369 e. The van der Waals surface area contributed by atoms with E-state index in [1.165, 1.54) is 4.90 Å². The van der Waals surface area contributed by atoms with Crippen LogP contribution in [0.5, 0.6) is 0 Å². The number of amides is 2. The van der Waals surface area contributed by atoms with Crippen molar-refractivity contribution in [2.24, 2.45) is 11.8 Å². The number of anilines is 1. The molecule has 2 amide bonds. The molecule has 158 valence electrons. The monoisotopic (exact) mass is 414 g/mol. The van der Waals surface area contributed by atoms with Crippen LogP contribution < -0.4 is 4.90 Å². The zero-order chi connectivity index (χ0) is 21.8. The molecule has 30 heavy (non-hydrogen) atoms. The van der Waals surface area contributed by atoms with E-state index in [1.54, 1.807) is 27.0 Å². The van der Waals surface area contributed by atoms with Crippen molar-refractivity contribution in [2.75, 3.05) is 11.9 Å². The Hall–Kier alpha value is -2.33. The number of ether oxygens (including phenoxy) is 1. The highest BCUT2D eigenvalue weighted by Gasteiger charge is 2.96. The number of nitrogens with zero attached hydrogens (tertiary/aromatic N) is 2. The molecule has 0 saturated carbocycles. The third kappa shape index (κ3) is 1.30. The van der Waals surface area contributed by atoms with Crippen molar-refractivity contribution < 1.29 is 34.4 Å². The lowest BCUT2D eigenvalue weighted by molar-refractivity contribution is -0.327. The molecule has 6 atom stereocenters. The molecule has 4 heterocycles. The molecule has 3 saturated heterocycles. The van der Waals surface area contributed by atoms with Gasteiger partial charge in [0.1, 0.15) is 0 Å². The summed E-state index contributed by atoms with van der Waals surface area (Å²) < 4.78 is 6.00. The van der Waals surface area contributed by atoms with Gasteiger partial charge in [-0.15, -0.1) is 0 Å². The Morgan fingerprint density at radius 1 is 1.17 bits per heavy atom. The molecule has 1 spiro atoms. The maximum atomic E-state index is 13.6. The van der Waals surface area contributed by atoms with E-state index in [0.717, 1.165) is 17.4 Å². The Morgan fingerprint density at radius 2 is 1.83 bits per heavy atom. The second-order valence-electron chi connectivity index (χ2n) is 9.73. The van der Waals surface area contributed by atoms with Crippen LogP contribution in [0, 0.1) is 11.8 Å². The minimum Gasteiger partial charge on any atom is -0.369 e. The first-order chi connectivity index (χ1) is 13.8. The molecule has 1 aromatic rings. The van der Waals surface area contributed by atoms with Gasteiger partial charge in [0.05, 0.1) is 11.6 Å². The van der Waals surface area contributed by atoms with Crippen LogP contribution in [0.25, 0.3) is 0 Å². The Bertz CT molecular complexity index is 1120. The maximum absolute atomic E-state index is 13.6. The summed E-state index contributed by atoms with van der Waals surface area (Å²) in [4.78, 5) is 41.9. The molecule has 1 aromatic carbocycles. The van der Waals surface area contributed by atoms with E-state index in [1.807, 2.05) is 12.1 Å². The third-order valence-corrected chi connectivity index (χ3v) is 8.34. The molecule has 0 bridgehead atoms. The highest BCUT2D eigenvalue weighted by Crippen LogP contribution is 2.75. The molecule has 5 aliphatic rings. The quantitative estimate of drug-likeness (QED) is 0.504. The zero-order valence-electron chi connectivity index (χ0n) is 17.0. The molecule has 3 fully saturated rings. The van der Waals surface area contributed by atoms with Gasteiger partial charge in [-0.3, -0.25) is 14.4 Å². The van der Waals surface area contributed by atoms with E-state index in [4.69, 9.17) is 4.74 Å². The first-order valence-corrected chi connectivity index (χ1v) is 9.96. The molecular formula is C21H22N2O7. The van der Waals surface area contributed by atoms with Crippen molar-refractivity contribution in [3.8, 4) is 0 Å². The molecule has 0 radical (unpaired) electrons. The van der Waals surface area contributed by atoms with Crippen molar-refractivity contribution >= 4 is 23.3 Å². The number of hydrogen-bond acceptors (Lipinski definition) is 7. The Kier molecular flexibility index (Phi) is 2.75. The van der Waals surface area contributed by atoms with E-state index in [9.17, 15) is 29.7 Å². The van der Waals surface area contributed by atoms with E-state index in [-0.39, 0.29) is 0 Å². The molecule has 1 aliphatic carbocycles. The normalized spacial score (nSPS) is 46.5. The van der Waals surface area contributed by atoms with Crippen LogP contribution in [0.2, 0.25) is 0 Å². The van der Waals surface area contributed by atoms with Crippen LogP contribution >= 0.6 is 0 Å². The minimum atomic E-state index is -3.04. The van der Waals surface area contributed by atoms with Crippen LogP contribution in [-0.4, -0.2) is 67.5 Å². The number of hydrogen-bond donors (Lipinski definition) is 3. The lowest BCUT2D eigenvalue weighted by Gasteiger charge is -2.42. The van der Waals surface area contributed by atoms with Crippen LogP contribution in [0.3, 0.4) is 0 Å². The summed E-state index contributed by atoms with van der Waals surface area (Å²) in [6.07, 6.45) is 0.438. The predicted octanol–water partition coefficient (Wildman–Crippen LogP) is -0.991. The van der Waals surface area contributed by atoms with Crippen LogP contribution in [-0.2, 0) is 31.1 Å². The van der Waals surface area contributed by atoms with Gasteiger partial charge in [0.2, 0.25) is 5.72 Å². The molecule has 6 rings (SSSR count). The lowest BCUT2D eigenvalue weighted by atomic mass is 9.61. The minimum absolute atomic E-state index is 0.438. The van der Waals surface area contributed by atoms with Gasteiger partial charge in [0.25, 0.3) is 23.2 Å². The summed E-state index contributed by atoms with van der Waals surface area (Å²) in [6.45, 7) is 4.38. The fourth-order valence-corrected chi connectivity index (χ4v) is 7.10. The van der Waals surface area contributed by atoms with Crippen LogP contribution in [0.1, 0.15) is 31.9 Å². The summed E-state index contributed by atoms with van der Waals surface area (Å²) in [6, 6.07) is 5.43. The molecule has 0 aromatic heterocycles. The van der Waals surface area contributed by atoms with Gasteiger partial charge < -0.3 is 29.9 Å². The summed E-state index contributed by atoms with van der Waals surface area (Å²) in [5.41, 5.74) is -6.46. The molecule has 9 heteroatoms. The lowest BCUT2D eigenvalue weighted by Crippen LogP contribution is -2.66. The average Bonchev–Trinajstić information content (AvgIpc) is 3.16. The Morgan fingerprint density at radius 3 is 2.47 bits per heavy atom. The van der Waals surface area contributed by atoms with Gasteiger partial charge in [0, 0.05) is 18.2 Å². The number of Topliss-reactive ketones (excluding diaryl/α,β-unsaturated/α-hetero) is 1. The van der Waals surface area contributed by atoms with Crippen LogP contribution in [0.4, 0.5) is 5.69 Å². The summed E-state index contributed by atoms with van der Waals surface area (Å²) in [7, 11) is 1.58. The van der Waals surface area contributed by atoms with Crippen molar-refractivity contribution in [3.63, 3.8) is 0 Å². The number of aliphatic hydroxyl groups is 3. The predicted molar refractivity (Wildman–Crippen MR) is 99.8 cm³/mol. The van der Waals surface area contributed by atoms with Crippen molar-refractivity contribution in [1.82, 2.24) is 4.90 Å². The summed E-state index contributed by atoms with van der Waals surface area (Å²) in [5.74, 6) is -7.21. The van der Waals surface area contributed by atoms with Gasteiger partial charge in [0.15, 0.2) is 11.4 Å². The SMILES string of the molecule is CC(=O)[C@@]1(O)C(=O)N2C(C)(C)[C@@H]3Cc4cccc5c4[C@@]4(O[C@@]1(O)[C@@]2(O)[C@H]34)C(=O)N5C. The first-order valence-electron chi connectivity index (χ1n) is 9.96. The Balaban J connectivity index is 1.77. The van der Waals surface area contributed by atoms with Gasteiger partial charge in [-0.25, -0.2) is 0 Å². The molecule has 9 nitrogen and oxygen atoms in total. The summed E-state index contributed by atoms with van der Waals surface area (Å²) >= 11 is 0. The van der Waals surface area contributed by atoms with Crippen LogP contribution in [0.15, 0.2) is 18.2 Å². The van der Waals surface area contributed by atoms with E-state index >= 15 is 0 Å². The number of benzene rings is 1. The highest BCUT2D eigenvalue weighted by molar-refractivity contribution is 6.14. The van der Waals surface area contributed by atoms with Gasteiger partial charge in [-0.2, -0.15) is 0 Å².